The van der Waals surface area contributed by atoms with E-state index < -0.39 is 0 Å². The molecule has 0 aromatic heterocycles. The summed E-state index contributed by atoms with van der Waals surface area (Å²) in [4.78, 5) is 24.2. The minimum absolute atomic E-state index is 0.149. The van der Waals surface area contributed by atoms with Crippen LogP contribution >= 0.6 is 0 Å². The number of carbonyl (C=O) groups is 2. The van der Waals surface area contributed by atoms with Crippen LogP contribution in [0.15, 0.2) is 24.3 Å². The Bertz CT molecular complexity index is 479. The summed E-state index contributed by atoms with van der Waals surface area (Å²) in [6.07, 6.45) is -0.203. The first-order valence-electron chi connectivity index (χ1n) is 6.08. The molecule has 2 rings (SSSR count). The summed E-state index contributed by atoms with van der Waals surface area (Å²) in [5, 5.41) is 2.62. The summed E-state index contributed by atoms with van der Waals surface area (Å²) < 4.78 is 18.1. The van der Waals surface area contributed by atoms with Gasteiger partial charge in [-0.05, 0) is 6.07 Å². The fourth-order valence-corrected chi connectivity index (χ4v) is 1.79. The van der Waals surface area contributed by atoms with Crippen LogP contribution in [-0.2, 0) is 16.1 Å². The number of nitrogens with zero attached hydrogens (tertiary/aromatic N) is 1. The van der Waals surface area contributed by atoms with Crippen molar-refractivity contribution in [1.29, 1.82) is 0 Å². The van der Waals surface area contributed by atoms with Crippen molar-refractivity contribution < 1.29 is 18.7 Å². The fraction of sp³-hybridized carbons (Fsp3) is 0.385. The zero-order chi connectivity index (χ0) is 13.7. The molecule has 0 unspecified atom stereocenters. The van der Waals surface area contributed by atoms with Gasteiger partial charge in [0, 0.05) is 25.1 Å². The molecule has 0 radical (unpaired) electrons. The van der Waals surface area contributed by atoms with Crippen LogP contribution in [0.4, 0.5) is 9.18 Å². The number of halogens is 1. The summed E-state index contributed by atoms with van der Waals surface area (Å²) in [5.74, 6) is -0.561. The second kappa shape index (κ2) is 6.17. The molecule has 0 saturated carbocycles. The molecule has 19 heavy (non-hydrogen) atoms. The van der Waals surface area contributed by atoms with E-state index in [2.05, 4.69) is 5.32 Å². The van der Waals surface area contributed by atoms with Crippen LogP contribution in [0, 0.1) is 5.82 Å². The summed E-state index contributed by atoms with van der Waals surface area (Å²) in [7, 11) is 0. The number of hydrogen-bond acceptors (Lipinski definition) is 3. The van der Waals surface area contributed by atoms with Crippen molar-refractivity contribution in [2.45, 2.75) is 13.0 Å². The maximum Gasteiger partial charge on any atom is 0.409 e. The Hall–Kier alpha value is -2.11. The summed E-state index contributed by atoms with van der Waals surface area (Å²) in [6.45, 7) is 1.35. The van der Waals surface area contributed by atoms with Gasteiger partial charge in [-0.3, -0.25) is 4.79 Å². The Morgan fingerprint density at radius 1 is 1.42 bits per heavy atom. The number of amides is 2. The lowest BCUT2D eigenvalue weighted by Crippen LogP contribution is -2.31. The van der Waals surface area contributed by atoms with E-state index in [1.165, 1.54) is 11.0 Å². The van der Waals surface area contributed by atoms with Gasteiger partial charge in [0.2, 0.25) is 5.91 Å². The second-order valence-corrected chi connectivity index (χ2v) is 4.22. The second-order valence-electron chi connectivity index (χ2n) is 4.22. The van der Waals surface area contributed by atoms with Crippen molar-refractivity contribution in [1.82, 2.24) is 10.2 Å². The molecular formula is C13H15FN2O3. The lowest BCUT2D eigenvalue weighted by molar-refractivity contribution is -0.121. The molecule has 102 valence electrons. The molecule has 1 aromatic rings. The third-order valence-corrected chi connectivity index (χ3v) is 2.89. The van der Waals surface area contributed by atoms with Crippen LogP contribution in [-0.4, -0.2) is 36.6 Å². The molecular weight excluding hydrogens is 251 g/mol. The molecule has 1 aliphatic heterocycles. The van der Waals surface area contributed by atoms with Crippen LogP contribution in [0.25, 0.3) is 0 Å². The highest BCUT2D eigenvalue weighted by Gasteiger charge is 2.21. The molecule has 6 heteroatoms. The highest BCUT2D eigenvalue weighted by molar-refractivity contribution is 5.77. The molecule has 0 atom stereocenters. The number of nitrogens with one attached hydrogen (secondary N) is 1. The third kappa shape index (κ3) is 3.67. The van der Waals surface area contributed by atoms with E-state index in [0.29, 0.717) is 25.3 Å². The summed E-state index contributed by atoms with van der Waals surface area (Å²) >= 11 is 0. The minimum atomic E-state index is -0.387. The lowest BCUT2D eigenvalue weighted by Gasteiger charge is -2.12. The van der Waals surface area contributed by atoms with Crippen molar-refractivity contribution in [3.8, 4) is 0 Å². The number of hydrogen-bond donors (Lipinski definition) is 1. The smallest absolute Gasteiger partial charge is 0.409 e. The minimum Gasteiger partial charge on any atom is -0.448 e. The van der Waals surface area contributed by atoms with Gasteiger partial charge in [0.15, 0.2) is 0 Å². The van der Waals surface area contributed by atoms with Gasteiger partial charge in [-0.25, -0.2) is 9.18 Å². The number of cyclic esters (lactones) is 1. The number of ether oxygens (including phenoxy) is 1. The molecule has 5 nitrogen and oxygen atoms in total. The molecule has 0 aliphatic carbocycles. The monoisotopic (exact) mass is 266 g/mol. The molecule has 1 aromatic carbocycles. The zero-order valence-electron chi connectivity index (χ0n) is 10.4. The van der Waals surface area contributed by atoms with E-state index in [4.69, 9.17) is 4.74 Å². The Morgan fingerprint density at radius 2 is 2.21 bits per heavy atom. The van der Waals surface area contributed by atoms with Gasteiger partial charge in [0.1, 0.15) is 12.4 Å². The molecule has 1 fully saturated rings. The number of benzene rings is 1. The van der Waals surface area contributed by atoms with Crippen LogP contribution in [0.1, 0.15) is 12.0 Å². The molecule has 1 saturated heterocycles. The largest absolute Gasteiger partial charge is 0.448 e. The van der Waals surface area contributed by atoms with E-state index >= 15 is 0 Å². The molecule has 0 spiro atoms. The summed E-state index contributed by atoms with van der Waals surface area (Å²) in [5.41, 5.74) is 0.441. The lowest BCUT2D eigenvalue weighted by atomic mass is 10.2. The van der Waals surface area contributed by atoms with Crippen molar-refractivity contribution in [2.24, 2.45) is 0 Å². The SMILES string of the molecule is O=C(CCN1CCOC1=O)NCc1ccccc1F. The van der Waals surface area contributed by atoms with E-state index in [1.54, 1.807) is 18.2 Å². The van der Waals surface area contributed by atoms with Crippen LogP contribution in [0.2, 0.25) is 0 Å². The molecule has 1 heterocycles. The Kier molecular flexibility index (Phi) is 4.33. The van der Waals surface area contributed by atoms with Crippen molar-refractivity contribution in [2.75, 3.05) is 19.7 Å². The standard InChI is InChI=1S/C13H15FN2O3/c14-11-4-2-1-3-10(11)9-15-12(17)5-6-16-7-8-19-13(16)18/h1-4H,5-9H2,(H,15,17). The van der Waals surface area contributed by atoms with E-state index in [9.17, 15) is 14.0 Å². The van der Waals surface area contributed by atoms with E-state index in [-0.39, 0.29) is 30.8 Å². The Labute approximate surface area is 110 Å². The molecule has 0 bridgehead atoms. The van der Waals surface area contributed by atoms with Crippen LogP contribution < -0.4 is 5.32 Å². The van der Waals surface area contributed by atoms with Crippen LogP contribution in [0.5, 0.6) is 0 Å². The van der Waals surface area contributed by atoms with Gasteiger partial charge >= 0.3 is 6.09 Å². The van der Waals surface area contributed by atoms with Gasteiger partial charge in [-0.2, -0.15) is 0 Å². The zero-order valence-corrected chi connectivity index (χ0v) is 10.4. The molecule has 1 N–H and O–H groups in total. The predicted molar refractivity (Wildman–Crippen MR) is 65.8 cm³/mol. The van der Waals surface area contributed by atoms with Gasteiger partial charge in [-0.15, -0.1) is 0 Å². The van der Waals surface area contributed by atoms with Gasteiger partial charge in [0.25, 0.3) is 0 Å². The molecule has 1 aliphatic rings. The normalized spacial score (nSPS) is 14.4. The maximum atomic E-state index is 13.3. The highest BCUT2D eigenvalue weighted by Crippen LogP contribution is 2.06. The van der Waals surface area contributed by atoms with Gasteiger partial charge in [0.05, 0.1) is 6.54 Å². The average molecular weight is 266 g/mol. The fourth-order valence-electron chi connectivity index (χ4n) is 1.79. The summed E-state index contributed by atoms with van der Waals surface area (Å²) in [6, 6.07) is 6.28. The third-order valence-electron chi connectivity index (χ3n) is 2.89. The first kappa shape index (κ1) is 13.3. The van der Waals surface area contributed by atoms with Crippen LogP contribution in [0.3, 0.4) is 0 Å². The quantitative estimate of drug-likeness (QED) is 0.873. The Balaban J connectivity index is 1.73. The predicted octanol–water partition coefficient (Wildman–Crippen LogP) is 1.28. The maximum absolute atomic E-state index is 13.3. The first-order valence-corrected chi connectivity index (χ1v) is 6.08. The molecule has 2 amide bonds. The van der Waals surface area contributed by atoms with E-state index in [0.717, 1.165) is 0 Å². The van der Waals surface area contributed by atoms with Crippen molar-refractivity contribution >= 4 is 12.0 Å². The average Bonchev–Trinajstić information content (AvgIpc) is 2.81. The first-order chi connectivity index (χ1) is 9.16. The number of carbonyl (C=O) groups excluding carboxylic acids is 2. The number of rotatable bonds is 5. The van der Waals surface area contributed by atoms with Gasteiger partial charge in [-0.1, -0.05) is 18.2 Å². The Morgan fingerprint density at radius 3 is 2.89 bits per heavy atom. The highest BCUT2D eigenvalue weighted by atomic mass is 19.1. The van der Waals surface area contributed by atoms with Crippen molar-refractivity contribution in [3.05, 3.63) is 35.6 Å². The topological polar surface area (TPSA) is 58.6 Å². The van der Waals surface area contributed by atoms with Gasteiger partial charge < -0.3 is 15.0 Å². The van der Waals surface area contributed by atoms with Crippen molar-refractivity contribution in [3.63, 3.8) is 0 Å². The van der Waals surface area contributed by atoms with E-state index in [1.807, 2.05) is 0 Å².